The first-order chi connectivity index (χ1) is 16.2. The largest absolute Gasteiger partial charge is 0.487 e. The number of nitrogens with one attached hydrogen (secondary N) is 1. The molecule has 0 fully saturated rings. The van der Waals surface area contributed by atoms with Crippen molar-refractivity contribution in [2.24, 2.45) is 7.05 Å². The fourth-order valence-corrected chi connectivity index (χ4v) is 3.88. The number of carbonyl (C=O) groups is 1. The van der Waals surface area contributed by atoms with Crippen molar-refractivity contribution in [2.45, 2.75) is 33.1 Å². The Hall–Kier alpha value is -3.75. The molecule has 6 nitrogen and oxygen atoms in total. The molecule has 0 bridgehead atoms. The molecular weight excluding hydrogens is 447 g/mol. The second kappa shape index (κ2) is 9.24. The van der Waals surface area contributed by atoms with E-state index in [0.717, 1.165) is 39.9 Å². The van der Waals surface area contributed by atoms with Gasteiger partial charge in [0.05, 0.1) is 30.0 Å². The molecule has 2 heterocycles. The van der Waals surface area contributed by atoms with Gasteiger partial charge in [0.15, 0.2) is 0 Å². The van der Waals surface area contributed by atoms with Crippen LogP contribution in [-0.4, -0.2) is 27.3 Å². The number of rotatable bonds is 7. The van der Waals surface area contributed by atoms with E-state index in [9.17, 15) is 18.0 Å². The number of benzene rings is 2. The highest BCUT2D eigenvalue weighted by molar-refractivity contribution is 5.88. The van der Waals surface area contributed by atoms with Gasteiger partial charge in [0.1, 0.15) is 12.4 Å². The molecule has 0 saturated carbocycles. The summed E-state index contributed by atoms with van der Waals surface area (Å²) in [5.74, 6) is 0.355. The Balaban J connectivity index is 1.49. The van der Waals surface area contributed by atoms with E-state index in [1.54, 1.807) is 24.9 Å². The van der Waals surface area contributed by atoms with Crippen LogP contribution in [0.5, 0.6) is 5.75 Å². The second-order valence-electron chi connectivity index (χ2n) is 7.91. The van der Waals surface area contributed by atoms with Crippen molar-refractivity contribution in [1.82, 2.24) is 14.8 Å². The standard InChI is InChI=1S/C25H24F3N3O3/c1-4-33-23(32)11-17-13-29-21-12-19(9-10-20(17)21)34-14-22-15(2)24(30-31(22)3)16-5-7-18(8-6-16)25(26,27)28/h5-10,12-13,29H,4,11,14H2,1-3H3. The molecule has 0 aliphatic rings. The van der Waals surface area contributed by atoms with Crippen LogP contribution in [0.25, 0.3) is 22.2 Å². The maximum atomic E-state index is 12.9. The molecular formula is C25H24F3N3O3. The molecule has 0 unspecified atom stereocenters. The van der Waals surface area contributed by atoms with Crippen molar-refractivity contribution in [2.75, 3.05) is 6.61 Å². The van der Waals surface area contributed by atoms with Gasteiger partial charge in [-0.3, -0.25) is 9.48 Å². The lowest BCUT2D eigenvalue weighted by Gasteiger charge is -2.08. The molecule has 0 aliphatic heterocycles. The first-order valence-corrected chi connectivity index (χ1v) is 10.8. The number of fused-ring (bicyclic) bond motifs is 1. The Morgan fingerprint density at radius 1 is 1.15 bits per heavy atom. The van der Waals surface area contributed by atoms with Gasteiger partial charge in [0.2, 0.25) is 0 Å². The van der Waals surface area contributed by atoms with Crippen molar-refractivity contribution in [3.63, 3.8) is 0 Å². The highest BCUT2D eigenvalue weighted by Crippen LogP contribution is 2.32. The summed E-state index contributed by atoms with van der Waals surface area (Å²) in [5, 5.41) is 5.40. The molecule has 0 aliphatic carbocycles. The number of aromatic nitrogens is 3. The monoisotopic (exact) mass is 471 g/mol. The SMILES string of the molecule is CCOC(=O)Cc1c[nH]c2cc(OCc3c(C)c(-c4ccc(C(F)(F)F)cc4)nn3C)ccc12. The number of hydrogen-bond acceptors (Lipinski definition) is 4. The maximum Gasteiger partial charge on any atom is 0.416 e. The van der Waals surface area contributed by atoms with Crippen LogP contribution in [0.3, 0.4) is 0 Å². The van der Waals surface area contributed by atoms with Gasteiger partial charge >= 0.3 is 12.1 Å². The first-order valence-electron chi connectivity index (χ1n) is 10.8. The molecule has 0 radical (unpaired) electrons. The van der Waals surface area contributed by atoms with Gasteiger partial charge in [-0.2, -0.15) is 18.3 Å². The molecule has 0 atom stereocenters. The van der Waals surface area contributed by atoms with Crippen molar-refractivity contribution >= 4 is 16.9 Å². The number of aryl methyl sites for hydroxylation is 1. The third-order valence-corrected chi connectivity index (χ3v) is 5.67. The molecule has 0 amide bonds. The number of esters is 1. The Morgan fingerprint density at radius 3 is 2.56 bits per heavy atom. The van der Waals surface area contributed by atoms with E-state index in [1.807, 2.05) is 25.1 Å². The number of halogens is 3. The van der Waals surface area contributed by atoms with Crippen LogP contribution in [-0.2, 0) is 35.8 Å². The molecule has 4 aromatic rings. The van der Waals surface area contributed by atoms with Crippen molar-refractivity contribution in [3.05, 3.63) is 71.0 Å². The number of hydrogen-bond donors (Lipinski definition) is 1. The van der Waals surface area contributed by atoms with Gasteiger partial charge in [-0.1, -0.05) is 12.1 Å². The summed E-state index contributed by atoms with van der Waals surface area (Å²) in [5.41, 5.74) is 3.85. The average Bonchev–Trinajstić information content (AvgIpc) is 3.31. The Kier molecular flexibility index (Phi) is 6.37. The predicted molar refractivity (Wildman–Crippen MR) is 121 cm³/mol. The summed E-state index contributed by atoms with van der Waals surface area (Å²) in [4.78, 5) is 14.9. The number of ether oxygens (including phenoxy) is 2. The fraction of sp³-hybridized carbons (Fsp3) is 0.280. The van der Waals surface area contributed by atoms with Crippen LogP contribution in [0.15, 0.2) is 48.7 Å². The second-order valence-corrected chi connectivity index (χ2v) is 7.91. The molecule has 0 saturated heterocycles. The first kappa shape index (κ1) is 23.4. The lowest BCUT2D eigenvalue weighted by Crippen LogP contribution is -2.07. The lowest BCUT2D eigenvalue weighted by atomic mass is 10.0. The zero-order chi connectivity index (χ0) is 24.5. The van der Waals surface area contributed by atoms with E-state index >= 15 is 0 Å². The highest BCUT2D eigenvalue weighted by atomic mass is 19.4. The predicted octanol–water partition coefficient (Wildman–Crippen LogP) is 5.58. The molecule has 1 N–H and O–H groups in total. The minimum Gasteiger partial charge on any atom is -0.487 e. The summed E-state index contributed by atoms with van der Waals surface area (Å²) < 4.78 is 51.2. The van der Waals surface area contributed by atoms with E-state index in [1.165, 1.54) is 12.1 Å². The summed E-state index contributed by atoms with van der Waals surface area (Å²) in [6.45, 7) is 4.22. The fourth-order valence-electron chi connectivity index (χ4n) is 3.88. The van der Waals surface area contributed by atoms with E-state index in [-0.39, 0.29) is 19.0 Å². The van der Waals surface area contributed by atoms with E-state index < -0.39 is 11.7 Å². The summed E-state index contributed by atoms with van der Waals surface area (Å²) in [6.07, 6.45) is -2.40. The average molecular weight is 471 g/mol. The number of nitrogens with zero attached hydrogens (tertiary/aromatic N) is 2. The van der Waals surface area contributed by atoms with Crippen molar-refractivity contribution in [3.8, 4) is 17.0 Å². The molecule has 4 rings (SSSR count). The number of alkyl halides is 3. The van der Waals surface area contributed by atoms with Gasteiger partial charge in [-0.25, -0.2) is 0 Å². The van der Waals surface area contributed by atoms with Crippen LogP contribution >= 0.6 is 0 Å². The van der Waals surface area contributed by atoms with Crippen molar-refractivity contribution in [1.29, 1.82) is 0 Å². The summed E-state index contributed by atoms with van der Waals surface area (Å²) in [7, 11) is 1.77. The molecule has 0 spiro atoms. The zero-order valence-corrected chi connectivity index (χ0v) is 19.0. The highest BCUT2D eigenvalue weighted by Gasteiger charge is 2.30. The molecule has 2 aromatic heterocycles. The summed E-state index contributed by atoms with van der Waals surface area (Å²) in [6, 6.07) is 10.5. The maximum absolute atomic E-state index is 12.9. The minimum atomic E-state index is -4.38. The summed E-state index contributed by atoms with van der Waals surface area (Å²) >= 11 is 0. The van der Waals surface area contributed by atoms with Gasteiger partial charge in [0, 0.05) is 41.3 Å². The van der Waals surface area contributed by atoms with Crippen LogP contribution in [0.2, 0.25) is 0 Å². The van der Waals surface area contributed by atoms with Crippen LogP contribution in [0, 0.1) is 6.92 Å². The zero-order valence-electron chi connectivity index (χ0n) is 19.0. The number of carbonyl (C=O) groups excluding carboxylic acids is 1. The smallest absolute Gasteiger partial charge is 0.416 e. The number of H-pyrrole nitrogens is 1. The van der Waals surface area contributed by atoms with Crippen molar-refractivity contribution < 1.29 is 27.4 Å². The van der Waals surface area contributed by atoms with E-state index in [0.29, 0.717) is 23.6 Å². The van der Waals surface area contributed by atoms with E-state index in [2.05, 4.69) is 10.1 Å². The van der Waals surface area contributed by atoms with E-state index in [4.69, 9.17) is 9.47 Å². The third kappa shape index (κ3) is 4.78. The quantitative estimate of drug-likeness (QED) is 0.357. The van der Waals surface area contributed by atoms with Gasteiger partial charge in [-0.15, -0.1) is 0 Å². The van der Waals surface area contributed by atoms with Crippen LogP contribution in [0.4, 0.5) is 13.2 Å². The number of aromatic amines is 1. The molecule has 2 aromatic carbocycles. The Labute approximate surface area is 194 Å². The van der Waals surface area contributed by atoms with Gasteiger partial charge in [0.25, 0.3) is 0 Å². The van der Waals surface area contributed by atoms with Gasteiger partial charge < -0.3 is 14.5 Å². The molecule has 178 valence electrons. The van der Waals surface area contributed by atoms with Gasteiger partial charge in [-0.05, 0) is 43.7 Å². The third-order valence-electron chi connectivity index (χ3n) is 5.67. The van der Waals surface area contributed by atoms with Crippen LogP contribution in [0.1, 0.15) is 29.3 Å². The Bertz CT molecular complexity index is 1320. The normalized spacial score (nSPS) is 11.7. The molecule has 9 heteroatoms. The Morgan fingerprint density at radius 2 is 1.88 bits per heavy atom. The minimum absolute atomic E-state index is 0.189. The van der Waals surface area contributed by atoms with Crippen LogP contribution < -0.4 is 4.74 Å². The molecule has 34 heavy (non-hydrogen) atoms. The lowest BCUT2D eigenvalue weighted by molar-refractivity contribution is -0.142. The topological polar surface area (TPSA) is 69.1 Å².